The number of primary amides is 1. The third-order valence-electron chi connectivity index (χ3n) is 2.13. The molecule has 0 bridgehead atoms. The highest BCUT2D eigenvalue weighted by Gasteiger charge is 2.25. The number of nitrogens with two attached hydrogens (primary N) is 1. The summed E-state index contributed by atoms with van der Waals surface area (Å²) < 4.78 is 0. The lowest BCUT2D eigenvalue weighted by Gasteiger charge is -2.23. The Hall–Kier alpha value is -0.310. The lowest BCUT2D eigenvalue weighted by molar-refractivity contribution is -0.123. The summed E-state index contributed by atoms with van der Waals surface area (Å²) in [5.74, 6) is 0.274. The third-order valence-corrected chi connectivity index (χ3v) is 2.96. The van der Waals surface area contributed by atoms with E-state index in [1.54, 1.807) is 0 Å². The second-order valence-corrected chi connectivity index (χ2v) is 3.51. The summed E-state index contributed by atoms with van der Waals surface area (Å²) in [5, 5.41) is 0.866. The van der Waals surface area contributed by atoms with Crippen LogP contribution in [0.2, 0.25) is 0 Å². The maximum absolute atomic E-state index is 10.9. The van der Waals surface area contributed by atoms with Crippen LogP contribution in [-0.4, -0.2) is 11.2 Å². The van der Waals surface area contributed by atoms with Crippen molar-refractivity contribution in [1.82, 2.24) is 0 Å². The van der Waals surface area contributed by atoms with Crippen LogP contribution in [0.25, 0.3) is 0 Å². The summed E-state index contributed by atoms with van der Waals surface area (Å²) in [6.07, 6.45) is 5.93. The summed E-state index contributed by atoms with van der Waals surface area (Å²) in [6.45, 7) is 0. The van der Waals surface area contributed by atoms with E-state index in [1.165, 1.54) is 0 Å². The molecule has 0 aromatic carbocycles. The van der Waals surface area contributed by atoms with Crippen molar-refractivity contribution in [3.05, 3.63) is 12.2 Å². The second-order valence-electron chi connectivity index (χ2n) is 2.87. The van der Waals surface area contributed by atoms with Gasteiger partial charge in [0.2, 0.25) is 5.91 Å². The number of amides is 1. The monoisotopic (exact) mass is 217 g/mol. The summed E-state index contributed by atoms with van der Waals surface area (Å²) in [5.41, 5.74) is 5.24. The van der Waals surface area contributed by atoms with Gasteiger partial charge in [0.05, 0.1) is 0 Å². The van der Waals surface area contributed by atoms with Gasteiger partial charge in [-0.15, -0.1) is 0 Å². The molecule has 0 unspecified atom stereocenters. The third kappa shape index (κ3) is 2.06. The first-order valence-corrected chi connectivity index (χ1v) is 4.88. The molecule has 1 rings (SSSR count). The van der Waals surface area contributed by atoms with Crippen LogP contribution in [0.3, 0.4) is 0 Å². The van der Waals surface area contributed by atoms with E-state index in [9.17, 15) is 4.79 Å². The molecule has 1 aliphatic carbocycles. The number of rotatable bonds is 2. The van der Waals surface area contributed by atoms with Crippen LogP contribution in [0, 0.1) is 11.8 Å². The zero-order valence-corrected chi connectivity index (χ0v) is 7.88. The van der Waals surface area contributed by atoms with Gasteiger partial charge < -0.3 is 5.73 Å². The van der Waals surface area contributed by atoms with Gasteiger partial charge in [-0.25, -0.2) is 0 Å². The van der Waals surface area contributed by atoms with Crippen LogP contribution in [-0.2, 0) is 4.79 Å². The average Bonchev–Trinajstić information content (AvgIpc) is 2.04. The molecule has 3 heteroatoms. The van der Waals surface area contributed by atoms with Gasteiger partial charge >= 0.3 is 0 Å². The lowest BCUT2D eigenvalue weighted by Crippen LogP contribution is -2.31. The second kappa shape index (κ2) is 3.90. The van der Waals surface area contributed by atoms with E-state index in [0.717, 1.165) is 18.2 Å². The molecule has 0 fully saturated rings. The summed E-state index contributed by atoms with van der Waals surface area (Å²) in [4.78, 5) is 10.9. The quantitative estimate of drug-likeness (QED) is 0.553. The smallest absolute Gasteiger partial charge is 0.221 e. The van der Waals surface area contributed by atoms with E-state index in [0.29, 0.717) is 5.92 Å². The van der Waals surface area contributed by atoms with Crippen LogP contribution in [0.4, 0.5) is 0 Å². The van der Waals surface area contributed by atoms with Crippen LogP contribution in [0.1, 0.15) is 12.8 Å². The summed E-state index contributed by atoms with van der Waals surface area (Å²) in [7, 11) is 0. The van der Waals surface area contributed by atoms with Gasteiger partial charge in [-0.3, -0.25) is 4.79 Å². The minimum Gasteiger partial charge on any atom is -0.369 e. The Labute approximate surface area is 75.0 Å². The van der Waals surface area contributed by atoms with Gasteiger partial charge in [0.25, 0.3) is 0 Å². The van der Waals surface area contributed by atoms with E-state index in [-0.39, 0.29) is 11.8 Å². The SMILES string of the molecule is NC(=O)[C@H]1CC=CC[C@@H]1CBr. The number of hydrogen-bond donors (Lipinski definition) is 1. The molecule has 0 heterocycles. The van der Waals surface area contributed by atoms with Gasteiger partial charge in [-0.05, 0) is 18.8 Å². The van der Waals surface area contributed by atoms with E-state index in [1.807, 2.05) is 6.08 Å². The average molecular weight is 218 g/mol. The molecule has 2 atom stereocenters. The molecule has 1 aliphatic rings. The van der Waals surface area contributed by atoms with Crippen molar-refractivity contribution in [3.8, 4) is 0 Å². The first kappa shape index (κ1) is 8.78. The van der Waals surface area contributed by atoms with Crippen molar-refractivity contribution >= 4 is 21.8 Å². The number of allylic oxidation sites excluding steroid dienone is 2. The van der Waals surface area contributed by atoms with Crippen LogP contribution in [0.5, 0.6) is 0 Å². The van der Waals surface area contributed by atoms with Crippen molar-refractivity contribution in [2.75, 3.05) is 5.33 Å². The Balaban J connectivity index is 2.61. The molecule has 0 spiro atoms. The predicted octanol–water partition coefficient (Wildman–Crippen LogP) is 1.45. The molecule has 2 nitrogen and oxygen atoms in total. The molecule has 62 valence electrons. The zero-order chi connectivity index (χ0) is 8.27. The Kier molecular flexibility index (Phi) is 3.12. The van der Waals surface area contributed by atoms with Crippen molar-refractivity contribution < 1.29 is 4.79 Å². The summed E-state index contributed by atoms with van der Waals surface area (Å²) in [6, 6.07) is 0. The van der Waals surface area contributed by atoms with Gasteiger partial charge in [0, 0.05) is 11.2 Å². The van der Waals surface area contributed by atoms with E-state index < -0.39 is 0 Å². The highest BCUT2D eigenvalue weighted by atomic mass is 79.9. The minimum atomic E-state index is -0.168. The Bertz CT molecular complexity index is 179. The van der Waals surface area contributed by atoms with Crippen molar-refractivity contribution in [3.63, 3.8) is 0 Å². The molecular formula is C8H12BrNO. The number of alkyl halides is 1. The number of carbonyl (C=O) groups is 1. The first-order chi connectivity index (χ1) is 5.25. The Morgan fingerprint density at radius 1 is 1.55 bits per heavy atom. The van der Waals surface area contributed by atoms with Crippen LogP contribution >= 0.6 is 15.9 Å². The van der Waals surface area contributed by atoms with Gasteiger partial charge in [0.1, 0.15) is 0 Å². The molecule has 0 aliphatic heterocycles. The molecule has 0 saturated heterocycles. The highest BCUT2D eigenvalue weighted by molar-refractivity contribution is 9.09. The van der Waals surface area contributed by atoms with Gasteiger partial charge in [-0.1, -0.05) is 28.1 Å². The minimum absolute atomic E-state index is 0.0411. The molecular weight excluding hydrogens is 206 g/mol. The molecule has 11 heavy (non-hydrogen) atoms. The topological polar surface area (TPSA) is 43.1 Å². The molecule has 0 radical (unpaired) electrons. The fourth-order valence-corrected chi connectivity index (χ4v) is 2.11. The Morgan fingerprint density at radius 2 is 2.18 bits per heavy atom. The van der Waals surface area contributed by atoms with Crippen molar-refractivity contribution in [2.45, 2.75) is 12.8 Å². The van der Waals surface area contributed by atoms with Crippen molar-refractivity contribution in [1.29, 1.82) is 0 Å². The number of carbonyl (C=O) groups excluding carboxylic acids is 1. The van der Waals surface area contributed by atoms with E-state index in [4.69, 9.17) is 5.73 Å². The molecule has 0 saturated carbocycles. The first-order valence-electron chi connectivity index (χ1n) is 3.76. The maximum atomic E-state index is 10.9. The standard InChI is InChI=1S/C8H12BrNO/c9-5-6-3-1-2-4-7(6)8(10)11/h1-2,6-7H,3-5H2,(H2,10,11)/t6-,7+/m1/s1. The fourth-order valence-electron chi connectivity index (χ4n) is 1.39. The zero-order valence-electron chi connectivity index (χ0n) is 6.29. The lowest BCUT2D eigenvalue weighted by atomic mass is 9.84. The summed E-state index contributed by atoms with van der Waals surface area (Å²) >= 11 is 3.38. The molecule has 0 aromatic rings. The molecule has 0 aromatic heterocycles. The number of hydrogen-bond acceptors (Lipinski definition) is 1. The fraction of sp³-hybridized carbons (Fsp3) is 0.625. The van der Waals surface area contributed by atoms with Crippen molar-refractivity contribution in [2.24, 2.45) is 17.6 Å². The molecule has 1 amide bonds. The van der Waals surface area contributed by atoms with Gasteiger partial charge in [-0.2, -0.15) is 0 Å². The largest absolute Gasteiger partial charge is 0.369 e. The number of halogens is 1. The van der Waals surface area contributed by atoms with E-state index in [2.05, 4.69) is 22.0 Å². The molecule has 2 N–H and O–H groups in total. The van der Waals surface area contributed by atoms with Gasteiger partial charge in [0.15, 0.2) is 0 Å². The Morgan fingerprint density at radius 3 is 2.64 bits per heavy atom. The normalized spacial score (nSPS) is 30.3. The van der Waals surface area contributed by atoms with E-state index >= 15 is 0 Å². The predicted molar refractivity (Wildman–Crippen MR) is 48.3 cm³/mol. The van der Waals surface area contributed by atoms with Crippen LogP contribution in [0.15, 0.2) is 12.2 Å². The highest BCUT2D eigenvalue weighted by Crippen LogP contribution is 2.26. The van der Waals surface area contributed by atoms with Crippen LogP contribution < -0.4 is 5.73 Å². The maximum Gasteiger partial charge on any atom is 0.221 e.